The Labute approximate surface area is 127 Å². The van der Waals surface area contributed by atoms with Gasteiger partial charge in [-0.15, -0.1) is 0 Å². The molecule has 0 bridgehead atoms. The lowest BCUT2D eigenvalue weighted by Gasteiger charge is -2.35. The van der Waals surface area contributed by atoms with E-state index in [2.05, 4.69) is 47.6 Å². The van der Waals surface area contributed by atoms with Crippen molar-refractivity contribution in [2.45, 2.75) is 33.2 Å². The SMILES string of the molecule is CCNCc1cc(C)ccc1N1CCCC(C(=O)NC)C1. The second-order valence-corrected chi connectivity index (χ2v) is 5.81. The summed E-state index contributed by atoms with van der Waals surface area (Å²) in [6.45, 7) is 7.96. The van der Waals surface area contributed by atoms with Crippen molar-refractivity contribution >= 4 is 11.6 Å². The molecule has 2 rings (SSSR count). The second-order valence-electron chi connectivity index (χ2n) is 5.81. The zero-order chi connectivity index (χ0) is 15.2. The zero-order valence-corrected chi connectivity index (χ0v) is 13.4. The van der Waals surface area contributed by atoms with Gasteiger partial charge in [-0.05, 0) is 37.9 Å². The van der Waals surface area contributed by atoms with E-state index in [-0.39, 0.29) is 11.8 Å². The van der Waals surface area contributed by atoms with Gasteiger partial charge in [-0.25, -0.2) is 0 Å². The van der Waals surface area contributed by atoms with Crippen LogP contribution in [0.15, 0.2) is 18.2 Å². The van der Waals surface area contributed by atoms with Gasteiger partial charge in [0.2, 0.25) is 5.91 Å². The van der Waals surface area contributed by atoms with Crippen LogP contribution in [-0.4, -0.2) is 32.6 Å². The molecule has 116 valence electrons. The second kappa shape index (κ2) is 7.46. The molecule has 1 aromatic rings. The molecular weight excluding hydrogens is 262 g/mol. The largest absolute Gasteiger partial charge is 0.370 e. The van der Waals surface area contributed by atoms with Crippen LogP contribution in [-0.2, 0) is 11.3 Å². The van der Waals surface area contributed by atoms with Gasteiger partial charge in [0, 0.05) is 32.4 Å². The van der Waals surface area contributed by atoms with Crippen LogP contribution in [0.1, 0.15) is 30.9 Å². The molecule has 1 aromatic carbocycles. The summed E-state index contributed by atoms with van der Waals surface area (Å²) in [4.78, 5) is 14.3. The van der Waals surface area contributed by atoms with Gasteiger partial charge in [-0.1, -0.05) is 24.6 Å². The Morgan fingerprint density at radius 2 is 2.24 bits per heavy atom. The van der Waals surface area contributed by atoms with Gasteiger partial charge >= 0.3 is 0 Å². The summed E-state index contributed by atoms with van der Waals surface area (Å²) in [6, 6.07) is 6.62. The summed E-state index contributed by atoms with van der Waals surface area (Å²) in [5.41, 5.74) is 3.89. The summed E-state index contributed by atoms with van der Waals surface area (Å²) in [5.74, 6) is 0.275. The molecule has 1 aliphatic rings. The van der Waals surface area contributed by atoms with E-state index in [1.54, 1.807) is 7.05 Å². The van der Waals surface area contributed by atoms with Gasteiger partial charge in [-0.2, -0.15) is 0 Å². The van der Waals surface area contributed by atoms with Crippen LogP contribution in [0.25, 0.3) is 0 Å². The fourth-order valence-corrected chi connectivity index (χ4v) is 3.04. The quantitative estimate of drug-likeness (QED) is 0.872. The molecule has 1 heterocycles. The summed E-state index contributed by atoms with van der Waals surface area (Å²) in [5, 5.41) is 6.20. The molecule has 2 N–H and O–H groups in total. The number of carbonyl (C=O) groups is 1. The molecule has 0 saturated carbocycles. The fraction of sp³-hybridized carbons (Fsp3) is 0.588. The topological polar surface area (TPSA) is 44.4 Å². The number of rotatable bonds is 5. The van der Waals surface area contributed by atoms with Gasteiger partial charge in [0.05, 0.1) is 5.92 Å². The Morgan fingerprint density at radius 3 is 2.95 bits per heavy atom. The maximum Gasteiger partial charge on any atom is 0.224 e. The first-order valence-corrected chi connectivity index (χ1v) is 7.92. The van der Waals surface area contributed by atoms with E-state index in [0.29, 0.717) is 0 Å². The lowest BCUT2D eigenvalue weighted by atomic mass is 9.95. The molecule has 0 aromatic heterocycles. The highest BCUT2D eigenvalue weighted by Crippen LogP contribution is 2.27. The van der Waals surface area contributed by atoms with Crippen molar-refractivity contribution in [3.05, 3.63) is 29.3 Å². The van der Waals surface area contributed by atoms with E-state index in [1.807, 2.05) is 0 Å². The standard InChI is InChI=1S/C17H27N3O/c1-4-19-11-15-10-13(2)7-8-16(15)20-9-5-6-14(12-20)17(21)18-3/h7-8,10,14,19H,4-6,9,11-12H2,1-3H3,(H,18,21). The van der Waals surface area contributed by atoms with E-state index in [1.165, 1.54) is 16.8 Å². The van der Waals surface area contributed by atoms with Crippen molar-refractivity contribution in [2.75, 3.05) is 31.6 Å². The average Bonchev–Trinajstić information content (AvgIpc) is 2.52. The van der Waals surface area contributed by atoms with Gasteiger partial charge in [0.1, 0.15) is 0 Å². The Bertz CT molecular complexity index is 487. The summed E-state index contributed by atoms with van der Waals surface area (Å²) in [7, 11) is 1.73. The highest BCUT2D eigenvalue weighted by atomic mass is 16.1. The molecule has 1 fully saturated rings. The maximum absolute atomic E-state index is 11.9. The normalized spacial score (nSPS) is 18.6. The molecule has 1 amide bonds. The first-order chi connectivity index (χ1) is 10.2. The van der Waals surface area contributed by atoms with Crippen molar-refractivity contribution < 1.29 is 4.79 Å². The Morgan fingerprint density at radius 1 is 1.43 bits per heavy atom. The minimum Gasteiger partial charge on any atom is -0.370 e. The molecular formula is C17H27N3O. The molecule has 1 aliphatic heterocycles. The van der Waals surface area contributed by atoms with Crippen LogP contribution in [0.3, 0.4) is 0 Å². The first-order valence-electron chi connectivity index (χ1n) is 7.92. The van der Waals surface area contributed by atoms with E-state index in [4.69, 9.17) is 0 Å². The molecule has 1 atom stereocenters. The molecule has 21 heavy (non-hydrogen) atoms. The lowest BCUT2D eigenvalue weighted by molar-refractivity contribution is -0.124. The van der Waals surface area contributed by atoms with E-state index < -0.39 is 0 Å². The number of nitrogens with one attached hydrogen (secondary N) is 2. The van der Waals surface area contributed by atoms with Crippen molar-refractivity contribution in [1.82, 2.24) is 10.6 Å². The lowest BCUT2D eigenvalue weighted by Crippen LogP contribution is -2.42. The Kier molecular flexibility index (Phi) is 5.62. The minimum absolute atomic E-state index is 0.108. The Balaban J connectivity index is 2.18. The number of carbonyl (C=O) groups excluding carboxylic acids is 1. The summed E-state index contributed by atoms with van der Waals surface area (Å²) in [6.07, 6.45) is 2.07. The van der Waals surface area contributed by atoms with Gasteiger partial charge < -0.3 is 15.5 Å². The van der Waals surface area contributed by atoms with Crippen LogP contribution >= 0.6 is 0 Å². The van der Waals surface area contributed by atoms with Crippen molar-refractivity contribution in [2.24, 2.45) is 5.92 Å². The molecule has 0 spiro atoms. The number of amides is 1. The highest BCUT2D eigenvalue weighted by molar-refractivity contribution is 5.79. The number of benzene rings is 1. The average molecular weight is 289 g/mol. The van der Waals surface area contributed by atoms with Crippen LogP contribution < -0.4 is 15.5 Å². The smallest absolute Gasteiger partial charge is 0.224 e. The first kappa shape index (κ1) is 15.8. The maximum atomic E-state index is 11.9. The monoisotopic (exact) mass is 289 g/mol. The number of piperidine rings is 1. The molecule has 1 unspecified atom stereocenters. The number of nitrogens with zero attached hydrogens (tertiary/aromatic N) is 1. The predicted molar refractivity (Wildman–Crippen MR) is 87.6 cm³/mol. The number of aryl methyl sites for hydroxylation is 1. The van der Waals surface area contributed by atoms with Gasteiger partial charge in [-0.3, -0.25) is 4.79 Å². The molecule has 0 aliphatic carbocycles. The van der Waals surface area contributed by atoms with E-state index in [0.717, 1.165) is 39.0 Å². The fourth-order valence-electron chi connectivity index (χ4n) is 3.04. The predicted octanol–water partition coefficient (Wildman–Crippen LogP) is 2.07. The van der Waals surface area contributed by atoms with Gasteiger partial charge in [0.25, 0.3) is 0 Å². The number of anilines is 1. The molecule has 4 nitrogen and oxygen atoms in total. The molecule has 0 radical (unpaired) electrons. The number of hydrogen-bond donors (Lipinski definition) is 2. The minimum atomic E-state index is 0.108. The summed E-state index contributed by atoms with van der Waals surface area (Å²) < 4.78 is 0. The van der Waals surface area contributed by atoms with Crippen LogP contribution in [0.2, 0.25) is 0 Å². The highest BCUT2D eigenvalue weighted by Gasteiger charge is 2.26. The summed E-state index contributed by atoms with van der Waals surface area (Å²) >= 11 is 0. The van der Waals surface area contributed by atoms with Crippen LogP contribution in [0.4, 0.5) is 5.69 Å². The third-order valence-electron chi connectivity index (χ3n) is 4.18. The molecule has 1 saturated heterocycles. The van der Waals surface area contributed by atoms with E-state index >= 15 is 0 Å². The number of hydrogen-bond acceptors (Lipinski definition) is 3. The third-order valence-corrected chi connectivity index (χ3v) is 4.18. The Hall–Kier alpha value is -1.55. The van der Waals surface area contributed by atoms with E-state index in [9.17, 15) is 4.79 Å². The van der Waals surface area contributed by atoms with Crippen LogP contribution in [0, 0.1) is 12.8 Å². The van der Waals surface area contributed by atoms with Crippen molar-refractivity contribution in [3.63, 3.8) is 0 Å². The van der Waals surface area contributed by atoms with Crippen molar-refractivity contribution in [1.29, 1.82) is 0 Å². The molecule has 4 heteroatoms. The third kappa shape index (κ3) is 3.97. The van der Waals surface area contributed by atoms with Crippen molar-refractivity contribution in [3.8, 4) is 0 Å². The zero-order valence-electron chi connectivity index (χ0n) is 13.4. The van der Waals surface area contributed by atoms with Crippen LogP contribution in [0.5, 0.6) is 0 Å². The van der Waals surface area contributed by atoms with Gasteiger partial charge in [0.15, 0.2) is 0 Å².